The number of carbonyl (C=O) groups is 1. The van der Waals surface area contributed by atoms with Crippen molar-refractivity contribution in [1.82, 2.24) is 15.5 Å². The summed E-state index contributed by atoms with van der Waals surface area (Å²) in [4.78, 5) is 14.3. The van der Waals surface area contributed by atoms with Crippen molar-refractivity contribution in [3.05, 3.63) is 47.2 Å². The molecule has 138 valence electrons. The first kappa shape index (κ1) is 17.8. The number of fused-ring (bicyclic) bond motifs is 1. The minimum absolute atomic E-state index is 0.0283. The number of H-pyrrole nitrogens is 1. The average molecular weight is 367 g/mol. The van der Waals surface area contributed by atoms with Gasteiger partial charge in [0.15, 0.2) is 17.3 Å². The molecule has 0 spiro atoms. The molecular weight excluding hydrogens is 351 g/mol. The van der Waals surface area contributed by atoms with Crippen LogP contribution in [0.15, 0.2) is 28.8 Å². The minimum atomic E-state index is -2.69. The van der Waals surface area contributed by atoms with Crippen molar-refractivity contribution in [3.63, 3.8) is 0 Å². The summed E-state index contributed by atoms with van der Waals surface area (Å²) in [6.07, 6.45) is -3.55. The van der Waals surface area contributed by atoms with Crippen molar-refractivity contribution in [3.8, 4) is 5.75 Å². The summed E-state index contributed by atoms with van der Waals surface area (Å²) in [7, 11) is 0. The predicted octanol–water partition coefficient (Wildman–Crippen LogP) is 3.45. The Hall–Kier alpha value is -2.97. The van der Waals surface area contributed by atoms with E-state index in [1.165, 1.54) is 12.1 Å². The number of halogens is 3. The van der Waals surface area contributed by atoms with E-state index in [0.29, 0.717) is 28.1 Å². The Kier molecular flexibility index (Phi) is 5.15. The largest absolute Gasteiger partial charge is 0.482 e. The van der Waals surface area contributed by atoms with Gasteiger partial charge in [-0.2, -0.15) is 0 Å². The summed E-state index contributed by atoms with van der Waals surface area (Å²) in [5, 5.41) is 6.67. The Morgan fingerprint density at radius 3 is 2.85 bits per heavy atom. The molecule has 3 rings (SSSR count). The molecule has 9 heteroatoms. The third-order valence-corrected chi connectivity index (χ3v) is 3.59. The van der Waals surface area contributed by atoms with Crippen molar-refractivity contribution < 1.29 is 27.2 Å². The molecule has 0 aliphatic rings. The van der Waals surface area contributed by atoms with Gasteiger partial charge in [-0.1, -0.05) is 5.16 Å². The standard InChI is InChI=1S/C17H16F3N3O3/c1-9-2-12(26-23-9)8-25-15-5-14-10(4-13(15)18)3-11(22-14)7-21-17(24)6-16(19)20/h2-5,16,22H,6-8H2,1H3,(H,21,24). The first-order valence-corrected chi connectivity index (χ1v) is 7.81. The normalized spacial score (nSPS) is 11.3. The van der Waals surface area contributed by atoms with Crippen LogP contribution < -0.4 is 10.1 Å². The molecule has 0 unspecified atom stereocenters. The first-order chi connectivity index (χ1) is 12.4. The second-order valence-electron chi connectivity index (χ2n) is 5.76. The zero-order chi connectivity index (χ0) is 18.7. The van der Waals surface area contributed by atoms with Crippen LogP contribution in [0.25, 0.3) is 10.9 Å². The maximum absolute atomic E-state index is 14.2. The predicted molar refractivity (Wildman–Crippen MR) is 86.3 cm³/mol. The number of alkyl halides is 2. The van der Waals surface area contributed by atoms with Crippen LogP contribution in [0.2, 0.25) is 0 Å². The third-order valence-electron chi connectivity index (χ3n) is 3.59. The monoisotopic (exact) mass is 367 g/mol. The highest BCUT2D eigenvalue weighted by molar-refractivity contribution is 5.82. The average Bonchev–Trinajstić information content (AvgIpc) is 3.15. The molecule has 3 aromatic rings. The molecule has 0 saturated heterocycles. The summed E-state index contributed by atoms with van der Waals surface area (Å²) in [5.74, 6) is -0.810. The van der Waals surface area contributed by atoms with Crippen LogP contribution in [0.1, 0.15) is 23.6 Å². The molecule has 0 atom stereocenters. The van der Waals surface area contributed by atoms with Crippen LogP contribution >= 0.6 is 0 Å². The number of aromatic nitrogens is 2. The van der Waals surface area contributed by atoms with Crippen molar-refractivity contribution in [2.24, 2.45) is 0 Å². The van der Waals surface area contributed by atoms with Crippen LogP contribution in [0.4, 0.5) is 13.2 Å². The van der Waals surface area contributed by atoms with Crippen LogP contribution in [-0.2, 0) is 17.9 Å². The second kappa shape index (κ2) is 7.51. The molecule has 0 fully saturated rings. The number of rotatable bonds is 7. The van der Waals surface area contributed by atoms with E-state index in [2.05, 4.69) is 15.5 Å². The van der Waals surface area contributed by atoms with Crippen LogP contribution in [0.5, 0.6) is 5.75 Å². The van der Waals surface area contributed by atoms with Crippen LogP contribution in [-0.4, -0.2) is 22.5 Å². The highest BCUT2D eigenvalue weighted by Gasteiger charge is 2.13. The van der Waals surface area contributed by atoms with Crippen molar-refractivity contribution in [2.75, 3.05) is 0 Å². The lowest BCUT2D eigenvalue weighted by Crippen LogP contribution is -2.24. The van der Waals surface area contributed by atoms with E-state index in [0.717, 1.165) is 0 Å². The zero-order valence-electron chi connectivity index (χ0n) is 13.8. The Morgan fingerprint density at radius 2 is 2.15 bits per heavy atom. The quantitative estimate of drug-likeness (QED) is 0.670. The zero-order valence-corrected chi connectivity index (χ0v) is 13.8. The van der Waals surface area contributed by atoms with Crippen molar-refractivity contribution in [2.45, 2.75) is 32.9 Å². The molecule has 0 bridgehead atoms. The first-order valence-electron chi connectivity index (χ1n) is 7.81. The summed E-state index contributed by atoms with van der Waals surface area (Å²) in [6.45, 7) is 1.83. The number of nitrogens with zero attached hydrogens (tertiary/aromatic N) is 1. The maximum Gasteiger partial charge on any atom is 0.247 e. The van der Waals surface area contributed by atoms with Crippen molar-refractivity contribution in [1.29, 1.82) is 0 Å². The van der Waals surface area contributed by atoms with Gasteiger partial charge in [0.25, 0.3) is 0 Å². The molecule has 2 aromatic heterocycles. The molecule has 2 heterocycles. The molecule has 1 amide bonds. The van der Waals surface area contributed by atoms with Gasteiger partial charge in [-0.3, -0.25) is 4.79 Å². The fraction of sp³-hybridized carbons (Fsp3) is 0.294. The van der Waals surface area contributed by atoms with Gasteiger partial charge in [0.2, 0.25) is 12.3 Å². The molecule has 0 aliphatic heterocycles. The lowest BCUT2D eigenvalue weighted by molar-refractivity contribution is -0.123. The number of ether oxygens (including phenoxy) is 1. The van der Waals surface area contributed by atoms with Gasteiger partial charge in [0, 0.05) is 28.7 Å². The van der Waals surface area contributed by atoms with Gasteiger partial charge in [0.1, 0.15) is 6.61 Å². The number of benzene rings is 1. The van der Waals surface area contributed by atoms with Gasteiger partial charge in [-0.15, -0.1) is 0 Å². The van der Waals surface area contributed by atoms with E-state index in [1.54, 1.807) is 19.1 Å². The Bertz CT molecular complexity index is 921. The number of aromatic amines is 1. The van der Waals surface area contributed by atoms with Gasteiger partial charge in [0.05, 0.1) is 18.7 Å². The third kappa shape index (κ3) is 4.35. The van der Waals surface area contributed by atoms with E-state index >= 15 is 0 Å². The summed E-state index contributed by atoms with van der Waals surface area (Å²) >= 11 is 0. The smallest absolute Gasteiger partial charge is 0.247 e. The SMILES string of the molecule is Cc1cc(COc2cc3[nH]c(CNC(=O)CC(F)F)cc3cc2F)on1. The van der Waals surface area contributed by atoms with Crippen LogP contribution in [0, 0.1) is 12.7 Å². The molecule has 0 saturated carbocycles. The Balaban J connectivity index is 1.68. The second-order valence-corrected chi connectivity index (χ2v) is 5.76. The molecular formula is C17H16F3N3O3. The summed E-state index contributed by atoms with van der Waals surface area (Å²) < 4.78 is 48.8. The number of aryl methyl sites for hydroxylation is 1. The molecule has 2 N–H and O–H groups in total. The number of hydrogen-bond donors (Lipinski definition) is 2. The molecule has 26 heavy (non-hydrogen) atoms. The fourth-order valence-corrected chi connectivity index (χ4v) is 2.44. The number of carbonyl (C=O) groups excluding carboxylic acids is 1. The van der Waals surface area contributed by atoms with Gasteiger partial charge in [-0.05, 0) is 19.1 Å². The Labute approximate surface area is 146 Å². The van der Waals surface area contributed by atoms with E-state index in [9.17, 15) is 18.0 Å². The van der Waals surface area contributed by atoms with E-state index in [1.807, 2.05) is 0 Å². The van der Waals surface area contributed by atoms with Gasteiger partial charge < -0.3 is 19.6 Å². The van der Waals surface area contributed by atoms with E-state index in [4.69, 9.17) is 9.26 Å². The molecule has 0 aliphatic carbocycles. The number of hydrogen-bond acceptors (Lipinski definition) is 4. The van der Waals surface area contributed by atoms with Crippen molar-refractivity contribution >= 4 is 16.8 Å². The maximum atomic E-state index is 14.2. The molecule has 0 radical (unpaired) electrons. The van der Waals surface area contributed by atoms with Gasteiger partial charge in [-0.25, -0.2) is 13.2 Å². The number of amides is 1. The van der Waals surface area contributed by atoms with Gasteiger partial charge >= 0.3 is 0 Å². The lowest BCUT2D eigenvalue weighted by Gasteiger charge is -2.05. The highest BCUT2D eigenvalue weighted by Crippen LogP contribution is 2.26. The molecule has 6 nitrogen and oxygen atoms in total. The Morgan fingerprint density at radius 1 is 1.35 bits per heavy atom. The highest BCUT2D eigenvalue weighted by atomic mass is 19.3. The van der Waals surface area contributed by atoms with E-state index in [-0.39, 0.29) is 18.9 Å². The summed E-state index contributed by atoms with van der Waals surface area (Å²) in [6, 6.07) is 6.09. The molecule has 1 aromatic carbocycles. The number of nitrogens with one attached hydrogen (secondary N) is 2. The summed E-state index contributed by atoms with van der Waals surface area (Å²) in [5.41, 5.74) is 1.85. The fourth-order valence-electron chi connectivity index (χ4n) is 2.44. The lowest BCUT2D eigenvalue weighted by atomic mass is 10.2. The topological polar surface area (TPSA) is 80.1 Å². The van der Waals surface area contributed by atoms with E-state index < -0.39 is 24.6 Å². The van der Waals surface area contributed by atoms with Crippen LogP contribution in [0.3, 0.4) is 0 Å². The minimum Gasteiger partial charge on any atom is -0.482 e.